The zero-order valence-electron chi connectivity index (χ0n) is 13.7. The molecule has 2 heterocycles. The van der Waals surface area contributed by atoms with Gasteiger partial charge in [0, 0.05) is 42.6 Å². The molecule has 5 heteroatoms. The molecule has 1 aliphatic heterocycles. The van der Waals surface area contributed by atoms with Crippen LogP contribution in [-0.2, 0) is 6.42 Å². The third kappa shape index (κ3) is 4.25. The molecule has 21 heavy (non-hydrogen) atoms. The standard InChI is InChI=1S/C16H28N4S/c1-5-7-14-18-15(17-8-6-2)11-16(19-14)20-9-10-21-13(4)12(20)3/h11-13H,5-10H2,1-4H3,(H,17,18,19). The highest BCUT2D eigenvalue weighted by Gasteiger charge is 2.26. The molecule has 1 fully saturated rings. The van der Waals surface area contributed by atoms with Gasteiger partial charge in [-0.15, -0.1) is 0 Å². The fraction of sp³-hybridized carbons (Fsp3) is 0.750. The summed E-state index contributed by atoms with van der Waals surface area (Å²) in [7, 11) is 0. The number of hydrogen-bond donors (Lipinski definition) is 1. The number of aryl methyl sites for hydroxylation is 1. The van der Waals surface area contributed by atoms with Crippen LogP contribution in [0.4, 0.5) is 11.6 Å². The van der Waals surface area contributed by atoms with Crippen molar-refractivity contribution < 1.29 is 0 Å². The van der Waals surface area contributed by atoms with Gasteiger partial charge in [-0.05, 0) is 19.8 Å². The Bertz CT molecular complexity index is 452. The number of nitrogens with one attached hydrogen (secondary N) is 1. The summed E-state index contributed by atoms with van der Waals surface area (Å²) in [4.78, 5) is 11.9. The van der Waals surface area contributed by atoms with E-state index in [9.17, 15) is 0 Å². The van der Waals surface area contributed by atoms with Gasteiger partial charge in [-0.2, -0.15) is 11.8 Å². The third-order valence-electron chi connectivity index (χ3n) is 3.97. The van der Waals surface area contributed by atoms with Crippen molar-refractivity contribution in [3.8, 4) is 0 Å². The molecule has 0 amide bonds. The van der Waals surface area contributed by atoms with Crippen molar-refractivity contribution in [1.82, 2.24) is 9.97 Å². The van der Waals surface area contributed by atoms with E-state index < -0.39 is 0 Å². The highest BCUT2D eigenvalue weighted by atomic mass is 32.2. The van der Waals surface area contributed by atoms with Crippen LogP contribution in [0, 0.1) is 0 Å². The van der Waals surface area contributed by atoms with Gasteiger partial charge >= 0.3 is 0 Å². The van der Waals surface area contributed by atoms with E-state index in [4.69, 9.17) is 4.98 Å². The quantitative estimate of drug-likeness (QED) is 0.870. The molecule has 1 aromatic heterocycles. The monoisotopic (exact) mass is 308 g/mol. The SMILES string of the molecule is CCCNc1cc(N2CCSC(C)C2C)nc(CCC)n1. The molecule has 0 spiro atoms. The van der Waals surface area contributed by atoms with Crippen molar-refractivity contribution in [2.45, 2.75) is 58.2 Å². The highest BCUT2D eigenvalue weighted by molar-refractivity contribution is 8.00. The van der Waals surface area contributed by atoms with Crippen LogP contribution in [-0.4, -0.2) is 40.1 Å². The van der Waals surface area contributed by atoms with E-state index in [2.05, 4.69) is 60.7 Å². The van der Waals surface area contributed by atoms with Gasteiger partial charge in [0.25, 0.3) is 0 Å². The Morgan fingerprint density at radius 1 is 1.29 bits per heavy atom. The zero-order chi connectivity index (χ0) is 15.2. The second-order valence-corrected chi connectivity index (χ2v) is 7.20. The van der Waals surface area contributed by atoms with Crippen molar-refractivity contribution in [3.63, 3.8) is 0 Å². The average Bonchev–Trinajstić information content (AvgIpc) is 2.48. The molecule has 2 atom stereocenters. The summed E-state index contributed by atoms with van der Waals surface area (Å²) in [5.74, 6) is 4.21. The van der Waals surface area contributed by atoms with E-state index in [-0.39, 0.29) is 0 Å². The van der Waals surface area contributed by atoms with Crippen LogP contribution in [0.15, 0.2) is 6.07 Å². The highest BCUT2D eigenvalue weighted by Crippen LogP contribution is 2.29. The first-order valence-corrected chi connectivity index (χ1v) is 9.20. The van der Waals surface area contributed by atoms with Crippen LogP contribution < -0.4 is 10.2 Å². The van der Waals surface area contributed by atoms with E-state index in [1.165, 1.54) is 5.75 Å². The molecule has 0 aliphatic carbocycles. The molecule has 0 saturated carbocycles. The van der Waals surface area contributed by atoms with Crippen LogP contribution >= 0.6 is 11.8 Å². The van der Waals surface area contributed by atoms with E-state index in [1.807, 2.05) is 0 Å². The van der Waals surface area contributed by atoms with Crippen molar-refractivity contribution in [2.75, 3.05) is 29.1 Å². The van der Waals surface area contributed by atoms with Crippen molar-refractivity contribution in [2.24, 2.45) is 0 Å². The van der Waals surface area contributed by atoms with Gasteiger partial charge in [0.2, 0.25) is 0 Å². The largest absolute Gasteiger partial charge is 0.370 e. The smallest absolute Gasteiger partial charge is 0.134 e. The molecule has 1 saturated heterocycles. The maximum Gasteiger partial charge on any atom is 0.134 e. The number of hydrogen-bond acceptors (Lipinski definition) is 5. The first kappa shape index (κ1) is 16.4. The van der Waals surface area contributed by atoms with Gasteiger partial charge in [0.15, 0.2) is 0 Å². The minimum atomic E-state index is 0.521. The van der Waals surface area contributed by atoms with Crippen molar-refractivity contribution in [3.05, 3.63) is 11.9 Å². The molecule has 0 radical (unpaired) electrons. The third-order valence-corrected chi connectivity index (χ3v) is 5.30. The molecule has 1 aliphatic rings. The Morgan fingerprint density at radius 2 is 2.10 bits per heavy atom. The van der Waals surface area contributed by atoms with Crippen LogP contribution in [0.3, 0.4) is 0 Å². The van der Waals surface area contributed by atoms with E-state index in [0.717, 1.165) is 49.8 Å². The van der Waals surface area contributed by atoms with E-state index >= 15 is 0 Å². The Hall–Kier alpha value is -0.970. The summed E-state index contributed by atoms with van der Waals surface area (Å²) in [6.45, 7) is 11.0. The maximum absolute atomic E-state index is 4.81. The van der Waals surface area contributed by atoms with Gasteiger partial charge in [-0.3, -0.25) is 0 Å². The Labute approximate surface area is 133 Å². The predicted molar refractivity (Wildman–Crippen MR) is 93.5 cm³/mol. The van der Waals surface area contributed by atoms with Gasteiger partial charge < -0.3 is 10.2 Å². The Balaban J connectivity index is 2.25. The fourth-order valence-electron chi connectivity index (χ4n) is 2.57. The second kappa shape index (κ2) is 7.87. The summed E-state index contributed by atoms with van der Waals surface area (Å²) >= 11 is 2.06. The molecule has 2 rings (SSSR count). The summed E-state index contributed by atoms with van der Waals surface area (Å²) in [5, 5.41) is 4.06. The average molecular weight is 308 g/mol. The van der Waals surface area contributed by atoms with Crippen molar-refractivity contribution in [1.29, 1.82) is 0 Å². The number of nitrogens with zero attached hydrogens (tertiary/aromatic N) is 3. The molecule has 118 valence electrons. The van der Waals surface area contributed by atoms with Crippen LogP contribution in [0.1, 0.15) is 46.4 Å². The molecule has 2 unspecified atom stereocenters. The van der Waals surface area contributed by atoms with Crippen LogP contribution in [0.2, 0.25) is 0 Å². The number of anilines is 2. The molecule has 1 aromatic rings. The zero-order valence-corrected chi connectivity index (χ0v) is 14.5. The number of thioether (sulfide) groups is 1. The fourth-order valence-corrected chi connectivity index (χ4v) is 3.67. The molecule has 0 bridgehead atoms. The summed E-state index contributed by atoms with van der Waals surface area (Å²) in [5.41, 5.74) is 0. The number of aromatic nitrogens is 2. The molecular formula is C16H28N4S. The van der Waals surface area contributed by atoms with E-state index in [0.29, 0.717) is 11.3 Å². The molecule has 0 aromatic carbocycles. The van der Waals surface area contributed by atoms with Crippen molar-refractivity contribution >= 4 is 23.4 Å². The van der Waals surface area contributed by atoms with Gasteiger partial charge in [0.1, 0.15) is 17.5 Å². The lowest BCUT2D eigenvalue weighted by Crippen LogP contribution is -2.45. The lowest BCUT2D eigenvalue weighted by Gasteiger charge is -2.38. The normalized spacial score (nSPS) is 22.4. The first-order valence-electron chi connectivity index (χ1n) is 8.15. The number of rotatable bonds is 6. The van der Waals surface area contributed by atoms with Crippen LogP contribution in [0.25, 0.3) is 0 Å². The molecular weight excluding hydrogens is 280 g/mol. The molecule has 4 nitrogen and oxygen atoms in total. The summed E-state index contributed by atoms with van der Waals surface area (Å²) < 4.78 is 0. The minimum absolute atomic E-state index is 0.521. The Kier molecular flexibility index (Phi) is 6.15. The topological polar surface area (TPSA) is 41.0 Å². The van der Waals surface area contributed by atoms with Crippen LogP contribution in [0.5, 0.6) is 0 Å². The lowest BCUT2D eigenvalue weighted by atomic mass is 10.2. The molecule has 1 N–H and O–H groups in total. The lowest BCUT2D eigenvalue weighted by molar-refractivity contribution is 0.617. The first-order chi connectivity index (χ1) is 10.2. The van der Waals surface area contributed by atoms with Gasteiger partial charge in [0.05, 0.1) is 0 Å². The predicted octanol–water partition coefficient (Wildman–Crippen LogP) is 3.58. The minimum Gasteiger partial charge on any atom is -0.370 e. The second-order valence-electron chi connectivity index (χ2n) is 5.71. The maximum atomic E-state index is 4.81. The Morgan fingerprint density at radius 3 is 2.81 bits per heavy atom. The van der Waals surface area contributed by atoms with Gasteiger partial charge in [-0.25, -0.2) is 9.97 Å². The van der Waals surface area contributed by atoms with E-state index in [1.54, 1.807) is 0 Å². The summed E-state index contributed by atoms with van der Waals surface area (Å²) in [6.07, 6.45) is 3.13. The summed E-state index contributed by atoms with van der Waals surface area (Å²) in [6, 6.07) is 2.64. The van der Waals surface area contributed by atoms with Gasteiger partial charge in [-0.1, -0.05) is 20.8 Å².